The van der Waals surface area contributed by atoms with Gasteiger partial charge in [0.1, 0.15) is 11.6 Å². The molecular weight excluding hydrogens is 379 g/mol. The third-order valence-corrected chi connectivity index (χ3v) is 5.74. The van der Waals surface area contributed by atoms with Crippen molar-refractivity contribution in [3.8, 4) is 5.75 Å². The van der Waals surface area contributed by atoms with E-state index in [0.717, 1.165) is 29.3 Å². The summed E-state index contributed by atoms with van der Waals surface area (Å²) in [5.74, 6) is -2.92. The van der Waals surface area contributed by atoms with Crippen LogP contribution >= 0.6 is 0 Å². The number of hydrogen-bond acceptors (Lipinski definition) is 6. The van der Waals surface area contributed by atoms with E-state index in [9.17, 15) is 22.4 Å². The normalized spacial score (nSPS) is 17.6. The van der Waals surface area contributed by atoms with E-state index in [-0.39, 0.29) is 29.6 Å². The molecule has 1 saturated heterocycles. The zero-order valence-corrected chi connectivity index (χ0v) is 15.7. The Hall–Kier alpha value is -2.20. The summed E-state index contributed by atoms with van der Waals surface area (Å²) in [5.41, 5.74) is -0.651. The van der Waals surface area contributed by atoms with Crippen molar-refractivity contribution in [2.45, 2.75) is 38.7 Å². The Balaban J connectivity index is 1.89. The van der Waals surface area contributed by atoms with Gasteiger partial charge < -0.3 is 9.47 Å². The van der Waals surface area contributed by atoms with Gasteiger partial charge in [-0.25, -0.2) is 13.9 Å². The summed E-state index contributed by atoms with van der Waals surface area (Å²) in [6.45, 7) is 2.30. The summed E-state index contributed by atoms with van der Waals surface area (Å²) in [5, 5.41) is 0. The lowest BCUT2D eigenvalue weighted by Gasteiger charge is -2.17. The van der Waals surface area contributed by atoms with Gasteiger partial charge >= 0.3 is 16.2 Å². The Kier molecular flexibility index (Phi) is 5.66. The van der Waals surface area contributed by atoms with Gasteiger partial charge in [0, 0.05) is 13.1 Å². The van der Waals surface area contributed by atoms with Crippen LogP contribution in [0, 0.1) is 5.82 Å². The minimum Gasteiger partial charge on any atom is -0.490 e. The fourth-order valence-electron chi connectivity index (χ4n) is 2.72. The van der Waals surface area contributed by atoms with Crippen LogP contribution in [0.2, 0.25) is 0 Å². The first-order valence-electron chi connectivity index (χ1n) is 8.81. The Morgan fingerprint density at radius 1 is 1.22 bits per heavy atom. The van der Waals surface area contributed by atoms with E-state index < -0.39 is 27.9 Å². The number of nitrogens with zero attached hydrogens (tertiary/aromatic N) is 1. The molecule has 1 aromatic rings. The zero-order valence-electron chi connectivity index (χ0n) is 14.9. The summed E-state index contributed by atoms with van der Waals surface area (Å²) in [6.07, 6.45) is 2.81. The minimum atomic E-state index is -4.02. The highest BCUT2D eigenvalue weighted by Gasteiger charge is 2.31. The van der Waals surface area contributed by atoms with Crippen LogP contribution in [0.4, 0.5) is 4.39 Å². The number of benzene rings is 1. The number of carbonyl (C=O) groups excluding carboxylic acids is 2. The van der Waals surface area contributed by atoms with Gasteiger partial charge in [0.05, 0.1) is 23.8 Å². The average molecular weight is 400 g/mol. The van der Waals surface area contributed by atoms with Crippen molar-refractivity contribution in [2.75, 3.05) is 19.7 Å². The molecule has 1 amide bonds. The maximum Gasteiger partial charge on any atom is 0.341 e. The molecule has 0 unspecified atom stereocenters. The molecule has 0 bridgehead atoms. The molecule has 0 atom stereocenters. The topological polar surface area (TPSA) is 102 Å². The van der Waals surface area contributed by atoms with Gasteiger partial charge in [-0.2, -0.15) is 12.7 Å². The molecule has 2 aliphatic rings. The van der Waals surface area contributed by atoms with Crippen molar-refractivity contribution in [2.24, 2.45) is 0 Å². The molecule has 1 heterocycles. The van der Waals surface area contributed by atoms with Gasteiger partial charge in [-0.1, -0.05) is 0 Å². The van der Waals surface area contributed by atoms with Gasteiger partial charge in [-0.05, 0) is 44.7 Å². The number of hydrogen-bond donors (Lipinski definition) is 1. The highest BCUT2D eigenvalue weighted by atomic mass is 32.2. The summed E-state index contributed by atoms with van der Waals surface area (Å²) < 4.78 is 52.4. The van der Waals surface area contributed by atoms with Crippen molar-refractivity contribution in [1.29, 1.82) is 0 Å². The minimum absolute atomic E-state index is 0.0453. The molecule has 0 radical (unpaired) electrons. The Morgan fingerprint density at radius 3 is 2.48 bits per heavy atom. The van der Waals surface area contributed by atoms with E-state index in [1.54, 1.807) is 6.92 Å². The molecule has 0 aromatic heterocycles. The van der Waals surface area contributed by atoms with Gasteiger partial charge in [0.25, 0.3) is 5.91 Å². The maximum atomic E-state index is 14.4. The van der Waals surface area contributed by atoms with E-state index in [0.29, 0.717) is 25.9 Å². The van der Waals surface area contributed by atoms with E-state index >= 15 is 0 Å². The fraction of sp³-hybridized carbons (Fsp3) is 0.529. The number of nitrogens with one attached hydrogen (secondary N) is 1. The van der Waals surface area contributed by atoms with E-state index in [2.05, 4.69) is 0 Å². The quantitative estimate of drug-likeness (QED) is 0.698. The van der Waals surface area contributed by atoms with E-state index in [1.165, 1.54) is 0 Å². The van der Waals surface area contributed by atoms with E-state index in [4.69, 9.17) is 9.47 Å². The molecule has 148 valence electrons. The summed E-state index contributed by atoms with van der Waals surface area (Å²) in [7, 11) is -4.02. The third kappa shape index (κ3) is 4.56. The van der Waals surface area contributed by atoms with Crippen molar-refractivity contribution in [3.05, 3.63) is 29.1 Å². The second kappa shape index (κ2) is 7.81. The molecule has 0 spiro atoms. The summed E-state index contributed by atoms with van der Waals surface area (Å²) in [6, 6.07) is 1.89. The van der Waals surface area contributed by atoms with Crippen LogP contribution in [0.3, 0.4) is 0 Å². The monoisotopic (exact) mass is 400 g/mol. The van der Waals surface area contributed by atoms with E-state index in [1.807, 2.05) is 4.72 Å². The highest BCUT2D eigenvalue weighted by molar-refractivity contribution is 7.87. The number of rotatable bonds is 7. The van der Waals surface area contributed by atoms with Gasteiger partial charge in [0.15, 0.2) is 0 Å². The Bertz CT molecular complexity index is 847. The highest BCUT2D eigenvalue weighted by Crippen LogP contribution is 2.31. The standard InChI is InChI=1S/C17H21FN2O6S/c1-2-25-17(22)12-10-15(26-11-5-6-11)13(9-14(12)18)16(21)19-27(23,24)20-7-3-4-8-20/h9-11H,2-8H2,1H3,(H,19,21). The average Bonchev–Trinajstić information content (AvgIpc) is 3.23. The number of ether oxygens (including phenoxy) is 2. The molecule has 1 aromatic carbocycles. The molecule has 1 saturated carbocycles. The first kappa shape index (κ1) is 19.6. The molecule has 3 rings (SSSR count). The van der Waals surface area contributed by atoms with Crippen LogP contribution in [0.25, 0.3) is 0 Å². The number of carbonyl (C=O) groups is 2. The van der Waals surface area contributed by atoms with Crippen LogP contribution < -0.4 is 9.46 Å². The van der Waals surface area contributed by atoms with Gasteiger partial charge in [-0.15, -0.1) is 0 Å². The van der Waals surface area contributed by atoms with Crippen LogP contribution in [-0.4, -0.2) is 50.4 Å². The molecule has 1 aliphatic carbocycles. The number of halogens is 1. The molecule has 1 aliphatic heterocycles. The lowest BCUT2D eigenvalue weighted by atomic mass is 10.1. The second-order valence-corrected chi connectivity index (χ2v) is 8.08. The summed E-state index contributed by atoms with van der Waals surface area (Å²) in [4.78, 5) is 24.4. The maximum absolute atomic E-state index is 14.4. The lowest BCUT2D eigenvalue weighted by molar-refractivity contribution is 0.0519. The molecule has 8 nitrogen and oxygen atoms in total. The summed E-state index contributed by atoms with van der Waals surface area (Å²) >= 11 is 0. The third-order valence-electron chi connectivity index (χ3n) is 4.25. The van der Waals surface area contributed by atoms with Gasteiger partial charge in [-0.3, -0.25) is 4.79 Å². The van der Waals surface area contributed by atoms with Crippen molar-refractivity contribution >= 4 is 22.1 Å². The smallest absolute Gasteiger partial charge is 0.341 e. The van der Waals surface area contributed by atoms with Crippen molar-refractivity contribution < 1.29 is 31.9 Å². The lowest BCUT2D eigenvalue weighted by Crippen LogP contribution is -2.42. The second-order valence-electron chi connectivity index (χ2n) is 6.41. The van der Waals surface area contributed by atoms with Crippen LogP contribution in [-0.2, 0) is 14.9 Å². The first-order valence-corrected chi connectivity index (χ1v) is 10.3. The van der Waals surface area contributed by atoms with Crippen LogP contribution in [0.5, 0.6) is 5.75 Å². The van der Waals surface area contributed by atoms with Crippen molar-refractivity contribution in [3.63, 3.8) is 0 Å². The first-order chi connectivity index (χ1) is 12.8. The molecular formula is C17H21FN2O6S. The predicted molar refractivity (Wildman–Crippen MR) is 93.2 cm³/mol. The van der Waals surface area contributed by atoms with Crippen LogP contribution in [0.1, 0.15) is 53.3 Å². The molecule has 1 N–H and O–H groups in total. The molecule has 2 fully saturated rings. The van der Waals surface area contributed by atoms with Crippen molar-refractivity contribution in [1.82, 2.24) is 9.03 Å². The van der Waals surface area contributed by atoms with Gasteiger partial charge in [0.2, 0.25) is 0 Å². The Labute approximate surface area is 156 Å². The number of amides is 1. The van der Waals surface area contributed by atoms with Crippen LogP contribution in [0.15, 0.2) is 12.1 Å². The number of esters is 1. The fourth-order valence-corrected chi connectivity index (χ4v) is 3.94. The SMILES string of the molecule is CCOC(=O)c1cc(OC2CC2)c(C(=O)NS(=O)(=O)N2CCCC2)cc1F. The zero-order chi connectivity index (χ0) is 19.6. The Morgan fingerprint density at radius 2 is 1.89 bits per heavy atom. The predicted octanol–water partition coefficient (Wildman–Crippen LogP) is 1.61. The molecule has 27 heavy (non-hydrogen) atoms. The molecule has 10 heteroatoms. The largest absolute Gasteiger partial charge is 0.490 e.